The van der Waals surface area contributed by atoms with E-state index in [9.17, 15) is 9.50 Å². The van der Waals surface area contributed by atoms with Crippen LogP contribution in [-0.4, -0.2) is 17.4 Å². The Morgan fingerprint density at radius 2 is 2.14 bits per heavy atom. The van der Waals surface area contributed by atoms with E-state index in [0.29, 0.717) is 5.56 Å². The minimum Gasteiger partial charge on any atom is -0.387 e. The standard InChI is InChI=1S/C10H14FNOS/c1-6(12)10(13)8-5-7(11)3-4-9(8)14-2/h3-6,10,13H,12H2,1-2H3. The van der Waals surface area contributed by atoms with Crippen molar-refractivity contribution in [2.45, 2.75) is 24.0 Å². The summed E-state index contributed by atoms with van der Waals surface area (Å²) < 4.78 is 12.9. The van der Waals surface area contributed by atoms with Crippen molar-refractivity contribution in [1.29, 1.82) is 0 Å². The first-order valence-electron chi connectivity index (χ1n) is 4.33. The lowest BCUT2D eigenvalue weighted by Crippen LogP contribution is -2.24. The van der Waals surface area contributed by atoms with Crippen molar-refractivity contribution in [3.8, 4) is 0 Å². The second-order valence-corrected chi connectivity index (χ2v) is 4.04. The number of aliphatic hydroxyl groups is 1. The number of halogens is 1. The molecule has 0 radical (unpaired) electrons. The van der Waals surface area contributed by atoms with Crippen LogP contribution in [-0.2, 0) is 0 Å². The molecule has 0 saturated heterocycles. The summed E-state index contributed by atoms with van der Waals surface area (Å²) in [7, 11) is 0. The van der Waals surface area contributed by atoms with Crippen LogP contribution in [0.25, 0.3) is 0 Å². The summed E-state index contributed by atoms with van der Waals surface area (Å²) in [5.41, 5.74) is 6.12. The van der Waals surface area contributed by atoms with Crippen molar-refractivity contribution >= 4 is 11.8 Å². The Hall–Kier alpha value is -0.580. The molecule has 2 atom stereocenters. The highest BCUT2D eigenvalue weighted by atomic mass is 32.2. The van der Waals surface area contributed by atoms with Gasteiger partial charge < -0.3 is 10.8 Å². The molecule has 4 heteroatoms. The molecule has 0 fully saturated rings. The smallest absolute Gasteiger partial charge is 0.123 e. The Kier molecular flexibility index (Phi) is 3.92. The summed E-state index contributed by atoms with van der Waals surface area (Å²) >= 11 is 1.47. The second-order valence-electron chi connectivity index (χ2n) is 3.19. The van der Waals surface area contributed by atoms with Crippen LogP contribution in [0.1, 0.15) is 18.6 Å². The van der Waals surface area contributed by atoms with E-state index < -0.39 is 12.1 Å². The number of aliphatic hydroxyl groups excluding tert-OH is 1. The summed E-state index contributed by atoms with van der Waals surface area (Å²) in [5, 5.41) is 9.73. The zero-order valence-electron chi connectivity index (χ0n) is 8.20. The number of nitrogens with two attached hydrogens (primary N) is 1. The van der Waals surface area contributed by atoms with Crippen molar-refractivity contribution < 1.29 is 9.50 Å². The Labute approximate surface area is 87.3 Å². The number of hydrogen-bond donors (Lipinski definition) is 2. The minimum absolute atomic E-state index is 0.350. The predicted octanol–water partition coefficient (Wildman–Crippen LogP) is 1.93. The normalized spacial score (nSPS) is 15.2. The Morgan fingerprint density at radius 3 is 2.64 bits per heavy atom. The van der Waals surface area contributed by atoms with Crippen LogP contribution >= 0.6 is 11.8 Å². The van der Waals surface area contributed by atoms with Crippen molar-refractivity contribution in [2.75, 3.05) is 6.26 Å². The maximum Gasteiger partial charge on any atom is 0.123 e. The van der Waals surface area contributed by atoms with E-state index >= 15 is 0 Å². The lowest BCUT2D eigenvalue weighted by Gasteiger charge is -2.17. The molecule has 1 rings (SSSR count). The molecule has 1 aromatic carbocycles. The molecule has 0 spiro atoms. The lowest BCUT2D eigenvalue weighted by molar-refractivity contribution is 0.150. The average Bonchev–Trinajstić information content (AvgIpc) is 2.16. The van der Waals surface area contributed by atoms with Crippen LogP contribution in [0.2, 0.25) is 0 Å². The van der Waals surface area contributed by atoms with Gasteiger partial charge in [-0.3, -0.25) is 0 Å². The highest BCUT2D eigenvalue weighted by molar-refractivity contribution is 7.98. The molecule has 1 aromatic rings. The van der Waals surface area contributed by atoms with E-state index in [4.69, 9.17) is 5.73 Å². The molecular formula is C10H14FNOS. The van der Waals surface area contributed by atoms with Gasteiger partial charge in [0, 0.05) is 10.9 Å². The van der Waals surface area contributed by atoms with Crippen LogP contribution in [0, 0.1) is 5.82 Å². The van der Waals surface area contributed by atoms with Gasteiger partial charge in [0.15, 0.2) is 0 Å². The van der Waals surface area contributed by atoms with Crippen LogP contribution < -0.4 is 5.73 Å². The third-order valence-corrected chi connectivity index (χ3v) is 2.82. The van der Waals surface area contributed by atoms with Gasteiger partial charge in [-0.25, -0.2) is 4.39 Å². The predicted molar refractivity (Wildman–Crippen MR) is 56.8 cm³/mol. The molecule has 0 aliphatic heterocycles. The summed E-state index contributed by atoms with van der Waals surface area (Å²) in [6.45, 7) is 1.69. The molecule has 0 saturated carbocycles. The molecule has 0 aromatic heterocycles. The molecule has 0 amide bonds. The first-order chi connectivity index (χ1) is 6.56. The van der Waals surface area contributed by atoms with Gasteiger partial charge >= 0.3 is 0 Å². The maximum atomic E-state index is 12.9. The third kappa shape index (κ3) is 2.47. The summed E-state index contributed by atoms with van der Waals surface area (Å²) in [5.74, 6) is -0.350. The Bertz CT molecular complexity index is 317. The van der Waals surface area contributed by atoms with Gasteiger partial charge in [0.2, 0.25) is 0 Å². The topological polar surface area (TPSA) is 46.2 Å². The van der Waals surface area contributed by atoms with Crippen molar-refractivity contribution in [1.82, 2.24) is 0 Å². The van der Waals surface area contributed by atoms with Gasteiger partial charge in [-0.15, -0.1) is 11.8 Å². The van der Waals surface area contributed by atoms with Gasteiger partial charge in [0.05, 0.1) is 6.10 Å². The molecule has 0 bridgehead atoms. The van der Waals surface area contributed by atoms with Crippen molar-refractivity contribution in [3.05, 3.63) is 29.6 Å². The average molecular weight is 215 g/mol. The molecule has 14 heavy (non-hydrogen) atoms. The summed E-state index contributed by atoms with van der Waals surface area (Å²) in [6, 6.07) is 3.96. The van der Waals surface area contributed by atoms with Crippen LogP contribution in [0.3, 0.4) is 0 Å². The highest BCUT2D eigenvalue weighted by Gasteiger charge is 2.16. The van der Waals surface area contributed by atoms with Gasteiger partial charge in [-0.05, 0) is 36.9 Å². The SMILES string of the molecule is CSc1ccc(F)cc1C(O)C(C)N. The maximum absolute atomic E-state index is 12.9. The monoisotopic (exact) mass is 215 g/mol. The van der Waals surface area contributed by atoms with Gasteiger partial charge in [0.1, 0.15) is 5.82 Å². The molecule has 0 aliphatic rings. The zero-order valence-corrected chi connectivity index (χ0v) is 9.01. The van der Waals surface area contributed by atoms with Crippen LogP contribution in [0.4, 0.5) is 4.39 Å². The zero-order chi connectivity index (χ0) is 10.7. The number of thioether (sulfide) groups is 1. The fourth-order valence-corrected chi connectivity index (χ4v) is 1.84. The van der Waals surface area contributed by atoms with E-state index in [1.165, 1.54) is 23.9 Å². The fourth-order valence-electron chi connectivity index (χ4n) is 1.22. The summed E-state index contributed by atoms with van der Waals surface area (Å²) in [4.78, 5) is 0.858. The van der Waals surface area contributed by atoms with Gasteiger partial charge in [0.25, 0.3) is 0 Å². The van der Waals surface area contributed by atoms with Crippen LogP contribution in [0.15, 0.2) is 23.1 Å². The number of benzene rings is 1. The Balaban J connectivity index is 3.10. The largest absolute Gasteiger partial charge is 0.387 e. The highest BCUT2D eigenvalue weighted by Crippen LogP contribution is 2.27. The third-order valence-electron chi connectivity index (χ3n) is 2.01. The van der Waals surface area contributed by atoms with Crippen LogP contribution in [0.5, 0.6) is 0 Å². The van der Waals surface area contributed by atoms with Crippen molar-refractivity contribution in [2.24, 2.45) is 5.73 Å². The van der Waals surface area contributed by atoms with Gasteiger partial charge in [-0.1, -0.05) is 0 Å². The Morgan fingerprint density at radius 1 is 1.50 bits per heavy atom. The van der Waals surface area contributed by atoms with E-state index in [1.54, 1.807) is 13.0 Å². The molecule has 2 unspecified atom stereocenters. The first kappa shape index (κ1) is 11.5. The molecule has 78 valence electrons. The van der Waals surface area contributed by atoms with E-state index in [0.717, 1.165) is 4.90 Å². The van der Waals surface area contributed by atoms with E-state index in [-0.39, 0.29) is 5.82 Å². The molecule has 2 nitrogen and oxygen atoms in total. The van der Waals surface area contributed by atoms with E-state index in [2.05, 4.69) is 0 Å². The molecule has 3 N–H and O–H groups in total. The van der Waals surface area contributed by atoms with Crippen molar-refractivity contribution in [3.63, 3.8) is 0 Å². The lowest BCUT2D eigenvalue weighted by atomic mass is 10.0. The first-order valence-corrected chi connectivity index (χ1v) is 5.56. The quantitative estimate of drug-likeness (QED) is 0.757. The fraction of sp³-hybridized carbons (Fsp3) is 0.400. The molecule has 0 aliphatic carbocycles. The molecular weight excluding hydrogens is 201 g/mol. The second kappa shape index (κ2) is 4.77. The molecule has 0 heterocycles. The minimum atomic E-state index is -0.812. The number of rotatable bonds is 3. The van der Waals surface area contributed by atoms with Gasteiger partial charge in [-0.2, -0.15) is 0 Å². The summed E-state index contributed by atoms with van der Waals surface area (Å²) in [6.07, 6.45) is 1.07. The van der Waals surface area contributed by atoms with E-state index in [1.807, 2.05) is 6.26 Å². The number of hydrogen-bond acceptors (Lipinski definition) is 3.